The number of nitrogens with one attached hydrogen (secondary N) is 1. The molecule has 2 rings (SSSR count). The van der Waals surface area contributed by atoms with Gasteiger partial charge in [0.15, 0.2) is 5.17 Å². The molecule has 0 fully saturated rings. The highest BCUT2D eigenvalue weighted by atomic mass is 35.5. The highest BCUT2D eigenvalue weighted by Gasteiger charge is 2.17. The smallest absolute Gasteiger partial charge is 0.161 e. The molecule has 80 valence electrons. The van der Waals surface area contributed by atoms with Gasteiger partial charge in [0.25, 0.3) is 0 Å². The predicted octanol–water partition coefficient (Wildman–Crippen LogP) is 3.63. The summed E-state index contributed by atoms with van der Waals surface area (Å²) in [5.74, 6) is 0. The Balaban J connectivity index is 1.95. The molecule has 0 saturated carbocycles. The molecular weight excluding hydrogens is 228 g/mol. The molecular formula is C11H13ClN2S. The van der Waals surface area contributed by atoms with E-state index in [9.17, 15) is 0 Å². The van der Waals surface area contributed by atoms with Crippen molar-refractivity contribution in [3.05, 3.63) is 29.3 Å². The van der Waals surface area contributed by atoms with Crippen LogP contribution in [0.5, 0.6) is 0 Å². The minimum Gasteiger partial charge on any atom is -0.335 e. The fourth-order valence-corrected chi connectivity index (χ4v) is 2.44. The monoisotopic (exact) mass is 240 g/mol. The fraction of sp³-hybridized carbons (Fsp3) is 0.364. The largest absolute Gasteiger partial charge is 0.335 e. The van der Waals surface area contributed by atoms with Gasteiger partial charge in [-0.2, -0.15) is 0 Å². The van der Waals surface area contributed by atoms with E-state index in [-0.39, 0.29) is 0 Å². The Morgan fingerprint density at radius 2 is 2.20 bits per heavy atom. The summed E-state index contributed by atoms with van der Waals surface area (Å²) in [5, 5.41) is 5.70. The number of anilines is 1. The first-order valence-electron chi connectivity index (χ1n) is 5.01. The molecule has 1 aromatic carbocycles. The van der Waals surface area contributed by atoms with E-state index >= 15 is 0 Å². The minimum absolute atomic E-state index is 0.639. The zero-order valence-corrected chi connectivity index (χ0v) is 10.1. The normalized spacial score (nSPS) is 20.1. The molecule has 0 spiro atoms. The van der Waals surface area contributed by atoms with Crippen molar-refractivity contribution in [3.63, 3.8) is 0 Å². The number of rotatable bonds is 2. The Kier molecular flexibility index (Phi) is 3.54. The Labute approximate surface area is 99.1 Å². The van der Waals surface area contributed by atoms with Crippen LogP contribution in [-0.4, -0.2) is 17.0 Å². The lowest BCUT2D eigenvalue weighted by Gasteiger charge is -2.06. The van der Waals surface area contributed by atoms with Crippen LogP contribution in [0.3, 0.4) is 0 Å². The highest BCUT2D eigenvalue weighted by molar-refractivity contribution is 8.15. The number of amidine groups is 1. The summed E-state index contributed by atoms with van der Waals surface area (Å²) in [7, 11) is 0. The van der Waals surface area contributed by atoms with Gasteiger partial charge in [0, 0.05) is 16.0 Å². The maximum atomic E-state index is 5.81. The number of hydrogen-bond acceptors (Lipinski definition) is 3. The molecule has 0 bridgehead atoms. The van der Waals surface area contributed by atoms with E-state index in [1.807, 2.05) is 36.0 Å². The summed E-state index contributed by atoms with van der Waals surface area (Å²) in [6, 6.07) is 7.68. The van der Waals surface area contributed by atoms with Gasteiger partial charge in [-0.25, -0.2) is 0 Å². The molecule has 1 heterocycles. The molecule has 4 heteroatoms. The maximum absolute atomic E-state index is 5.81. The zero-order valence-electron chi connectivity index (χ0n) is 8.53. The molecule has 15 heavy (non-hydrogen) atoms. The third kappa shape index (κ3) is 2.89. The quantitative estimate of drug-likeness (QED) is 0.854. The zero-order chi connectivity index (χ0) is 10.7. The molecule has 1 atom stereocenters. The first-order valence-corrected chi connectivity index (χ1v) is 6.27. The minimum atomic E-state index is 0.639. The average Bonchev–Trinajstić information content (AvgIpc) is 2.69. The van der Waals surface area contributed by atoms with Gasteiger partial charge in [-0.1, -0.05) is 30.3 Å². The van der Waals surface area contributed by atoms with Crippen LogP contribution in [0.15, 0.2) is 29.3 Å². The molecule has 1 N–H and O–H groups in total. The van der Waals surface area contributed by atoms with Gasteiger partial charge < -0.3 is 5.32 Å². The average molecular weight is 241 g/mol. The van der Waals surface area contributed by atoms with Crippen molar-refractivity contribution in [3.8, 4) is 0 Å². The first-order chi connectivity index (χ1) is 7.28. The molecule has 0 aliphatic carbocycles. The molecule has 0 radical (unpaired) electrons. The van der Waals surface area contributed by atoms with E-state index < -0.39 is 0 Å². The van der Waals surface area contributed by atoms with Crippen molar-refractivity contribution < 1.29 is 0 Å². The number of aliphatic imine (C=N–C) groups is 1. The Morgan fingerprint density at radius 3 is 2.80 bits per heavy atom. The van der Waals surface area contributed by atoms with Gasteiger partial charge in [0.2, 0.25) is 0 Å². The summed E-state index contributed by atoms with van der Waals surface area (Å²) >= 11 is 7.63. The number of nitrogens with zero attached hydrogens (tertiary/aromatic N) is 1. The Hall–Kier alpha value is -0.670. The van der Waals surface area contributed by atoms with Crippen LogP contribution < -0.4 is 5.32 Å². The van der Waals surface area contributed by atoms with E-state index in [1.54, 1.807) is 0 Å². The third-order valence-electron chi connectivity index (χ3n) is 2.27. The van der Waals surface area contributed by atoms with Gasteiger partial charge in [0.05, 0.1) is 6.54 Å². The van der Waals surface area contributed by atoms with Gasteiger partial charge in [-0.3, -0.25) is 4.99 Å². The van der Waals surface area contributed by atoms with Crippen LogP contribution in [0, 0.1) is 0 Å². The van der Waals surface area contributed by atoms with Gasteiger partial charge >= 0.3 is 0 Å². The van der Waals surface area contributed by atoms with Crippen molar-refractivity contribution in [1.82, 2.24) is 0 Å². The molecule has 0 aromatic heterocycles. The molecule has 0 amide bonds. The number of hydrogen-bond donors (Lipinski definition) is 1. The molecule has 2 nitrogen and oxygen atoms in total. The van der Waals surface area contributed by atoms with Crippen LogP contribution in [0.25, 0.3) is 0 Å². The lowest BCUT2D eigenvalue weighted by atomic mass is 10.3. The first kappa shape index (κ1) is 10.8. The summed E-state index contributed by atoms with van der Waals surface area (Å²) in [4.78, 5) is 4.44. The van der Waals surface area contributed by atoms with E-state index in [2.05, 4.69) is 17.2 Å². The predicted molar refractivity (Wildman–Crippen MR) is 69.0 cm³/mol. The number of benzene rings is 1. The van der Waals surface area contributed by atoms with E-state index in [0.29, 0.717) is 5.25 Å². The second-order valence-corrected chi connectivity index (χ2v) is 5.15. The summed E-state index contributed by atoms with van der Waals surface area (Å²) in [6.45, 7) is 3.12. The van der Waals surface area contributed by atoms with Crippen molar-refractivity contribution in [2.45, 2.75) is 18.6 Å². The lowest BCUT2D eigenvalue weighted by Crippen LogP contribution is -2.06. The number of thioether (sulfide) groups is 1. The maximum Gasteiger partial charge on any atom is 0.161 e. The molecule has 1 aromatic rings. The van der Waals surface area contributed by atoms with Gasteiger partial charge in [-0.15, -0.1) is 0 Å². The van der Waals surface area contributed by atoms with Crippen LogP contribution in [0.1, 0.15) is 13.3 Å². The highest BCUT2D eigenvalue weighted by Crippen LogP contribution is 2.25. The second kappa shape index (κ2) is 4.90. The summed E-state index contributed by atoms with van der Waals surface area (Å²) in [6.07, 6.45) is 1.17. The third-order valence-corrected chi connectivity index (χ3v) is 3.79. The van der Waals surface area contributed by atoms with Crippen LogP contribution in [0.4, 0.5) is 5.69 Å². The van der Waals surface area contributed by atoms with Crippen LogP contribution >= 0.6 is 23.4 Å². The molecule has 1 unspecified atom stereocenters. The van der Waals surface area contributed by atoms with Crippen molar-refractivity contribution >= 4 is 34.2 Å². The van der Waals surface area contributed by atoms with Crippen molar-refractivity contribution in [2.24, 2.45) is 4.99 Å². The topological polar surface area (TPSA) is 24.4 Å². The van der Waals surface area contributed by atoms with Crippen LogP contribution in [0.2, 0.25) is 5.02 Å². The number of halogens is 1. The standard InChI is InChI=1S/C11H13ClN2S/c1-2-10-7-13-11(15-10)14-9-5-3-8(12)4-6-9/h3-6,10H,2,7H2,1H3,(H,13,14). The van der Waals surface area contributed by atoms with Gasteiger partial charge in [0.1, 0.15) is 0 Å². The van der Waals surface area contributed by atoms with Gasteiger partial charge in [-0.05, 0) is 30.7 Å². The molecule has 1 aliphatic rings. The van der Waals surface area contributed by atoms with E-state index in [4.69, 9.17) is 11.6 Å². The van der Waals surface area contributed by atoms with E-state index in [1.165, 1.54) is 6.42 Å². The Bertz CT molecular complexity index is 361. The molecule has 0 saturated heterocycles. The Morgan fingerprint density at radius 1 is 1.47 bits per heavy atom. The summed E-state index contributed by atoms with van der Waals surface area (Å²) in [5.41, 5.74) is 1.04. The lowest BCUT2D eigenvalue weighted by molar-refractivity contribution is 0.843. The summed E-state index contributed by atoms with van der Waals surface area (Å²) < 4.78 is 0. The van der Waals surface area contributed by atoms with Crippen molar-refractivity contribution in [2.75, 3.05) is 11.9 Å². The van der Waals surface area contributed by atoms with Crippen molar-refractivity contribution in [1.29, 1.82) is 0 Å². The fourth-order valence-electron chi connectivity index (χ4n) is 1.36. The molecule has 1 aliphatic heterocycles. The van der Waals surface area contributed by atoms with E-state index in [0.717, 1.165) is 22.4 Å². The van der Waals surface area contributed by atoms with Crippen LogP contribution in [-0.2, 0) is 0 Å². The SMILES string of the molecule is CCC1CN=C(Nc2ccc(Cl)cc2)S1. The second-order valence-electron chi connectivity index (χ2n) is 3.43.